The molecule has 0 fully saturated rings. The van der Waals surface area contributed by atoms with Crippen LogP contribution in [0.4, 0.5) is 0 Å². The molecule has 6 nitrogen and oxygen atoms in total. The highest BCUT2D eigenvalue weighted by atomic mass is 16.7. The minimum atomic E-state index is -0.514. The number of carbonyl (C=O) groups excluding carboxylic acids is 2. The van der Waals surface area contributed by atoms with E-state index in [-0.39, 0.29) is 19.8 Å². The predicted octanol–water partition coefficient (Wildman–Crippen LogP) is 2.61. The van der Waals surface area contributed by atoms with Gasteiger partial charge in [-0.05, 0) is 30.7 Å². The Morgan fingerprint density at radius 3 is 2.57 bits per heavy atom. The lowest BCUT2D eigenvalue weighted by molar-refractivity contribution is -0.145. The molecule has 0 radical (unpaired) electrons. The predicted molar refractivity (Wildman–Crippen MR) is 83.1 cm³/mol. The maximum Gasteiger partial charge on any atom is 0.335 e. The average Bonchev–Trinajstić information content (AvgIpc) is 2.54. The van der Waals surface area contributed by atoms with Crippen molar-refractivity contribution in [3.63, 3.8) is 0 Å². The first-order valence-electron chi connectivity index (χ1n) is 6.80. The fraction of sp³-hybridized carbons (Fsp3) is 0.235. The van der Waals surface area contributed by atoms with Crippen LogP contribution in [0.25, 0.3) is 6.08 Å². The Hall–Kier alpha value is -3.07. The lowest BCUT2D eigenvalue weighted by Gasteiger charge is -2.07. The van der Waals surface area contributed by atoms with Gasteiger partial charge in [-0.3, -0.25) is 0 Å². The minimum Gasteiger partial charge on any atom is -0.461 e. The molecule has 0 saturated heterocycles. The quantitative estimate of drug-likeness (QED) is 0.317. The van der Waals surface area contributed by atoms with Gasteiger partial charge >= 0.3 is 11.9 Å². The molecule has 0 spiro atoms. The SMILES string of the molecule is C=C(C)C(=O)OCOc1ccc(/C=C/C(=O)OCCC#N)cc1. The summed E-state index contributed by atoms with van der Waals surface area (Å²) in [5.41, 5.74) is 1.07. The summed E-state index contributed by atoms with van der Waals surface area (Å²) in [6, 6.07) is 8.70. The topological polar surface area (TPSA) is 85.6 Å². The maximum atomic E-state index is 11.3. The molecule has 0 bridgehead atoms. The highest BCUT2D eigenvalue weighted by Crippen LogP contribution is 2.13. The first-order valence-corrected chi connectivity index (χ1v) is 6.80. The Bertz CT molecular complexity index is 625. The van der Waals surface area contributed by atoms with Gasteiger partial charge in [0.25, 0.3) is 0 Å². The Labute approximate surface area is 134 Å². The molecule has 0 N–H and O–H groups in total. The molecule has 120 valence electrons. The normalized spacial score (nSPS) is 9.91. The summed E-state index contributed by atoms with van der Waals surface area (Å²) in [6.07, 6.45) is 3.03. The lowest BCUT2D eigenvalue weighted by Crippen LogP contribution is -2.10. The highest BCUT2D eigenvalue weighted by molar-refractivity contribution is 5.87. The van der Waals surface area contributed by atoms with Crippen molar-refractivity contribution in [2.75, 3.05) is 13.4 Å². The summed E-state index contributed by atoms with van der Waals surface area (Å²) in [7, 11) is 0. The Balaban J connectivity index is 2.41. The number of nitriles is 1. The van der Waals surface area contributed by atoms with Crippen molar-refractivity contribution in [1.29, 1.82) is 5.26 Å². The molecule has 23 heavy (non-hydrogen) atoms. The summed E-state index contributed by atoms with van der Waals surface area (Å²) < 4.78 is 14.8. The van der Waals surface area contributed by atoms with Gasteiger partial charge in [-0.2, -0.15) is 5.26 Å². The number of hydrogen-bond donors (Lipinski definition) is 0. The zero-order valence-corrected chi connectivity index (χ0v) is 12.8. The number of ether oxygens (including phenoxy) is 3. The second kappa shape index (κ2) is 9.79. The Morgan fingerprint density at radius 1 is 1.26 bits per heavy atom. The zero-order chi connectivity index (χ0) is 17.1. The summed E-state index contributed by atoms with van der Waals surface area (Å²) in [5.74, 6) is -0.500. The third-order valence-electron chi connectivity index (χ3n) is 2.51. The van der Waals surface area contributed by atoms with E-state index in [1.807, 2.05) is 6.07 Å². The van der Waals surface area contributed by atoms with Crippen molar-refractivity contribution in [3.05, 3.63) is 48.1 Å². The van der Waals surface area contributed by atoms with Gasteiger partial charge in [-0.25, -0.2) is 9.59 Å². The summed E-state index contributed by atoms with van der Waals surface area (Å²) in [5, 5.41) is 8.33. The van der Waals surface area contributed by atoms with Gasteiger partial charge in [-0.1, -0.05) is 18.7 Å². The summed E-state index contributed by atoms with van der Waals surface area (Å²) in [6.45, 7) is 4.89. The molecule has 0 unspecified atom stereocenters. The van der Waals surface area contributed by atoms with Crippen LogP contribution < -0.4 is 4.74 Å². The van der Waals surface area contributed by atoms with E-state index in [9.17, 15) is 9.59 Å². The van der Waals surface area contributed by atoms with Crippen LogP contribution in [-0.2, 0) is 19.1 Å². The van der Waals surface area contributed by atoms with Crippen molar-refractivity contribution in [2.45, 2.75) is 13.3 Å². The van der Waals surface area contributed by atoms with Gasteiger partial charge in [0, 0.05) is 11.6 Å². The Morgan fingerprint density at radius 2 is 1.96 bits per heavy atom. The van der Waals surface area contributed by atoms with E-state index in [2.05, 4.69) is 6.58 Å². The van der Waals surface area contributed by atoms with Crippen LogP contribution in [0.3, 0.4) is 0 Å². The van der Waals surface area contributed by atoms with E-state index in [0.29, 0.717) is 11.3 Å². The molecule has 6 heteroatoms. The number of nitrogens with zero attached hydrogens (tertiary/aromatic N) is 1. The number of benzene rings is 1. The smallest absolute Gasteiger partial charge is 0.335 e. The van der Waals surface area contributed by atoms with Crippen LogP contribution in [0.15, 0.2) is 42.5 Å². The van der Waals surface area contributed by atoms with Crippen molar-refractivity contribution >= 4 is 18.0 Å². The average molecular weight is 315 g/mol. The standard InChI is InChI=1S/C17H17NO5/c1-13(2)17(20)23-12-22-15-7-4-14(5-8-15)6-9-16(19)21-11-3-10-18/h4-9H,1,3,11-12H2,2H3/b9-6+. The first-order chi connectivity index (χ1) is 11.0. The van der Waals surface area contributed by atoms with Crippen LogP contribution in [0.5, 0.6) is 5.75 Å². The molecule has 0 heterocycles. The number of esters is 2. The van der Waals surface area contributed by atoms with E-state index in [1.165, 1.54) is 6.08 Å². The largest absolute Gasteiger partial charge is 0.461 e. The lowest BCUT2D eigenvalue weighted by atomic mass is 10.2. The van der Waals surface area contributed by atoms with Crippen LogP contribution in [0.2, 0.25) is 0 Å². The fourth-order valence-electron chi connectivity index (χ4n) is 1.36. The third kappa shape index (κ3) is 7.48. The molecule has 0 amide bonds. The van der Waals surface area contributed by atoms with Crippen LogP contribution in [0, 0.1) is 11.3 Å². The van der Waals surface area contributed by atoms with E-state index in [4.69, 9.17) is 19.5 Å². The molecule has 1 rings (SSSR count). The molecule has 0 aliphatic carbocycles. The van der Waals surface area contributed by atoms with Crippen molar-refractivity contribution in [2.24, 2.45) is 0 Å². The zero-order valence-electron chi connectivity index (χ0n) is 12.8. The van der Waals surface area contributed by atoms with Crippen LogP contribution in [-0.4, -0.2) is 25.3 Å². The Kier molecular flexibility index (Phi) is 7.65. The summed E-state index contributed by atoms with van der Waals surface area (Å²) in [4.78, 5) is 22.5. The monoisotopic (exact) mass is 315 g/mol. The van der Waals surface area contributed by atoms with Crippen LogP contribution in [0.1, 0.15) is 18.9 Å². The van der Waals surface area contributed by atoms with Gasteiger partial charge in [0.2, 0.25) is 6.79 Å². The minimum absolute atomic E-state index is 0.0787. The molecule has 0 aromatic heterocycles. The van der Waals surface area contributed by atoms with Gasteiger partial charge in [0.05, 0.1) is 12.5 Å². The van der Waals surface area contributed by atoms with Crippen molar-refractivity contribution in [1.82, 2.24) is 0 Å². The molecule has 0 aliphatic rings. The third-order valence-corrected chi connectivity index (χ3v) is 2.51. The van der Waals surface area contributed by atoms with Gasteiger partial charge in [0.1, 0.15) is 12.4 Å². The van der Waals surface area contributed by atoms with Crippen molar-refractivity contribution < 1.29 is 23.8 Å². The molecule has 0 aliphatic heterocycles. The molecule has 0 saturated carbocycles. The van der Waals surface area contributed by atoms with E-state index in [1.54, 1.807) is 37.3 Å². The van der Waals surface area contributed by atoms with Crippen molar-refractivity contribution in [3.8, 4) is 11.8 Å². The molecule has 1 aromatic rings. The number of rotatable bonds is 8. The molecular formula is C17H17NO5. The number of carbonyl (C=O) groups is 2. The van der Waals surface area contributed by atoms with Crippen LogP contribution >= 0.6 is 0 Å². The van der Waals surface area contributed by atoms with E-state index < -0.39 is 11.9 Å². The fourth-order valence-corrected chi connectivity index (χ4v) is 1.36. The molecule has 0 atom stereocenters. The second-order valence-corrected chi connectivity index (χ2v) is 4.45. The van der Waals surface area contributed by atoms with E-state index in [0.717, 1.165) is 5.56 Å². The van der Waals surface area contributed by atoms with Gasteiger partial charge in [-0.15, -0.1) is 0 Å². The number of hydrogen-bond acceptors (Lipinski definition) is 6. The molecule has 1 aromatic carbocycles. The van der Waals surface area contributed by atoms with Gasteiger partial charge in [0.15, 0.2) is 0 Å². The highest BCUT2D eigenvalue weighted by Gasteiger charge is 2.03. The first kappa shape index (κ1) is 18.0. The van der Waals surface area contributed by atoms with E-state index >= 15 is 0 Å². The summed E-state index contributed by atoms with van der Waals surface area (Å²) >= 11 is 0. The maximum absolute atomic E-state index is 11.3. The molecular weight excluding hydrogens is 298 g/mol. The van der Waals surface area contributed by atoms with Gasteiger partial charge < -0.3 is 14.2 Å². The second-order valence-electron chi connectivity index (χ2n) is 4.45.